The van der Waals surface area contributed by atoms with E-state index in [1.807, 2.05) is 24.3 Å². The van der Waals surface area contributed by atoms with Crippen molar-refractivity contribution in [2.24, 2.45) is 0 Å². The van der Waals surface area contributed by atoms with Gasteiger partial charge in [0.25, 0.3) is 0 Å². The number of anilines is 1. The Morgan fingerprint density at radius 2 is 2.04 bits per heavy atom. The molecule has 4 nitrogen and oxygen atoms in total. The smallest absolute Gasteiger partial charge is 0.224 e. The van der Waals surface area contributed by atoms with Crippen molar-refractivity contribution in [3.63, 3.8) is 0 Å². The number of aryl methyl sites for hydroxylation is 1. The van der Waals surface area contributed by atoms with Crippen LogP contribution >= 0.6 is 15.9 Å². The monoisotopic (exact) mass is 388 g/mol. The van der Waals surface area contributed by atoms with Gasteiger partial charge in [-0.3, -0.25) is 4.79 Å². The Balaban J connectivity index is 1.59. The van der Waals surface area contributed by atoms with Gasteiger partial charge in [0.05, 0.1) is 11.8 Å². The molecule has 2 aromatic carbocycles. The van der Waals surface area contributed by atoms with E-state index in [1.54, 1.807) is 18.2 Å². The lowest BCUT2D eigenvalue weighted by Crippen LogP contribution is -2.12. The molecule has 1 amide bonds. The van der Waals surface area contributed by atoms with Gasteiger partial charge < -0.3 is 9.73 Å². The van der Waals surface area contributed by atoms with E-state index in [9.17, 15) is 9.18 Å². The summed E-state index contributed by atoms with van der Waals surface area (Å²) in [4.78, 5) is 16.1. The fraction of sp³-hybridized carbons (Fsp3) is 0.111. The number of carbonyl (C=O) groups is 1. The maximum Gasteiger partial charge on any atom is 0.224 e. The number of carbonyl (C=O) groups excluding carboxylic acids is 1. The highest BCUT2D eigenvalue weighted by Crippen LogP contribution is 2.23. The third-order valence-corrected chi connectivity index (χ3v) is 3.86. The summed E-state index contributed by atoms with van der Waals surface area (Å²) < 4.78 is 20.1. The molecule has 24 heavy (non-hydrogen) atoms. The number of nitrogens with one attached hydrogen (secondary N) is 1. The van der Waals surface area contributed by atoms with E-state index in [2.05, 4.69) is 26.2 Å². The first-order valence-electron chi connectivity index (χ1n) is 7.37. The second-order valence-corrected chi connectivity index (χ2v) is 6.07. The van der Waals surface area contributed by atoms with Crippen molar-refractivity contribution in [3.05, 3.63) is 70.9 Å². The van der Waals surface area contributed by atoms with Gasteiger partial charge in [0.15, 0.2) is 11.7 Å². The van der Waals surface area contributed by atoms with E-state index in [4.69, 9.17) is 4.42 Å². The highest BCUT2D eigenvalue weighted by molar-refractivity contribution is 9.10. The first-order chi connectivity index (χ1) is 11.6. The lowest BCUT2D eigenvalue weighted by molar-refractivity contribution is -0.116. The van der Waals surface area contributed by atoms with Crippen molar-refractivity contribution in [2.75, 3.05) is 5.32 Å². The highest BCUT2D eigenvalue weighted by atomic mass is 79.9. The second kappa shape index (κ2) is 7.40. The van der Waals surface area contributed by atoms with Crippen molar-refractivity contribution >= 4 is 27.5 Å². The maximum atomic E-state index is 13.7. The lowest BCUT2D eigenvalue weighted by Gasteiger charge is -2.04. The number of aromatic nitrogens is 1. The fourth-order valence-corrected chi connectivity index (χ4v) is 2.62. The van der Waals surface area contributed by atoms with Crippen molar-refractivity contribution in [3.8, 4) is 11.3 Å². The Morgan fingerprint density at radius 3 is 2.83 bits per heavy atom. The van der Waals surface area contributed by atoms with Gasteiger partial charge in [0, 0.05) is 23.0 Å². The topological polar surface area (TPSA) is 55.1 Å². The summed E-state index contributed by atoms with van der Waals surface area (Å²) >= 11 is 3.35. The molecule has 0 aliphatic heterocycles. The Kier molecular flexibility index (Phi) is 5.05. The Hall–Kier alpha value is -2.47. The number of nitrogens with zero attached hydrogens (tertiary/aromatic N) is 1. The first-order valence-corrected chi connectivity index (χ1v) is 8.16. The van der Waals surface area contributed by atoms with Gasteiger partial charge in [0.2, 0.25) is 5.91 Å². The van der Waals surface area contributed by atoms with Gasteiger partial charge >= 0.3 is 0 Å². The first kappa shape index (κ1) is 16.4. The number of amides is 1. The van der Waals surface area contributed by atoms with Crippen molar-refractivity contribution < 1.29 is 13.6 Å². The predicted octanol–water partition coefficient (Wildman–Crippen LogP) is 4.81. The maximum absolute atomic E-state index is 13.7. The largest absolute Gasteiger partial charge is 0.441 e. The van der Waals surface area contributed by atoms with E-state index in [1.165, 1.54) is 12.3 Å². The molecule has 3 rings (SSSR count). The summed E-state index contributed by atoms with van der Waals surface area (Å²) in [7, 11) is 0. The lowest BCUT2D eigenvalue weighted by atomic mass is 10.2. The minimum atomic E-state index is -0.368. The normalized spacial score (nSPS) is 10.6. The molecule has 0 saturated carbocycles. The number of halogens is 2. The van der Waals surface area contributed by atoms with Crippen LogP contribution in [0.3, 0.4) is 0 Å². The van der Waals surface area contributed by atoms with Crippen molar-refractivity contribution in [1.29, 1.82) is 0 Å². The van der Waals surface area contributed by atoms with Gasteiger partial charge in [-0.15, -0.1) is 0 Å². The average Bonchev–Trinajstić information content (AvgIpc) is 3.02. The van der Waals surface area contributed by atoms with Gasteiger partial charge in [-0.2, -0.15) is 0 Å². The predicted molar refractivity (Wildman–Crippen MR) is 93.0 cm³/mol. The summed E-state index contributed by atoms with van der Waals surface area (Å²) in [5.41, 5.74) is 1.07. The molecule has 0 atom stereocenters. The zero-order chi connectivity index (χ0) is 16.9. The van der Waals surface area contributed by atoms with Crippen LogP contribution in [-0.4, -0.2) is 10.9 Å². The van der Waals surface area contributed by atoms with Crippen LogP contribution in [0.25, 0.3) is 11.3 Å². The molecular formula is C18H14BrFN2O2. The minimum absolute atomic E-state index is 0.140. The van der Waals surface area contributed by atoms with E-state index < -0.39 is 0 Å². The van der Waals surface area contributed by atoms with Crippen molar-refractivity contribution in [2.45, 2.75) is 12.8 Å². The highest BCUT2D eigenvalue weighted by Gasteiger charge is 2.12. The molecule has 0 radical (unpaired) electrons. The summed E-state index contributed by atoms with van der Waals surface area (Å²) in [5.74, 6) is 0.250. The number of hydrogen-bond acceptors (Lipinski definition) is 3. The van der Waals surface area contributed by atoms with Gasteiger partial charge in [-0.1, -0.05) is 34.1 Å². The molecule has 0 bridgehead atoms. The fourth-order valence-electron chi connectivity index (χ4n) is 2.22. The van der Waals surface area contributed by atoms with Gasteiger partial charge in [-0.25, -0.2) is 9.37 Å². The molecule has 1 aromatic heterocycles. The molecule has 0 saturated heterocycles. The summed E-state index contributed by atoms with van der Waals surface area (Å²) in [6.45, 7) is 0. The summed E-state index contributed by atoms with van der Waals surface area (Å²) in [6, 6.07) is 13.7. The quantitative estimate of drug-likeness (QED) is 0.681. The van der Waals surface area contributed by atoms with Crippen LogP contribution in [0.4, 0.5) is 10.1 Å². The second-order valence-electron chi connectivity index (χ2n) is 5.16. The molecule has 0 unspecified atom stereocenters. The van der Waals surface area contributed by atoms with Crippen LogP contribution < -0.4 is 5.32 Å². The third kappa shape index (κ3) is 4.08. The van der Waals surface area contributed by atoms with E-state index in [0.29, 0.717) is 29.3 Å². The molecule has 1 N–H and O–H groups in total. The van der Waals surface area contributed by atoms with Crippen LogP contribution in [0.15, 0.2) is 63.6 Å². The molecule has 0 fully saturated rings. The standard InChI is InChI=1S/C18H14BrFN2O2/c19-12-4-3-5-13(10-12)22-17(23)8-9-18-21-11-16(24-18)14-6-1-2-7-15(14)20/h1-7,10-11H,8-9H2,(H,22,23). The van der Waals surface area contributed by atoms with Crippen LogP contribution in [0.2, 0.25) is 0 Å². The van der Waals surface area contributed by atoms with E-state index in [0.717, 1.165) is 4.47 Å². The zero-order valence-electron chi connectivity index (χ0n) is 12.6. The number of benzene rings is 2. The Labute approximate surface area is 146 Å². The minimum Gasteiger partial charge on any atom is -0.441 e. The molecular weight excluding hydrogens is 375 g/mol. The Bertz CT molecular complexity index is 863. The molecule has 0 aliphatic rings. The van der Waals surface area contributed by atoms with Gasteiger partial charge in [0.1, 0.15) is 5.82 Å². The summed E-state index contributed by atoms with van der Waals surface area (Å²) in [6.07, 6.45) is 2.04. The number of oxazole rings is 1. The van der Waals surface area contributed by atoms with Crippen LogP contribution in [-0.2, 0) is 11.2 Å². The summed E-state index contributed by atoms with van der Waals surface area (Å²) in [5, 5.41) is 2.80. The number of hydrogen-bond donors (Lipinski definition) is 1. The van der Waals surface area contributed by atoms with Crippen LogP contribution in [0.5, 0.6) is 0 Å². The van der Waals surface area contributed by atoms with Crippen molar-refractivity contribution in [1.82, 2.24) is 4.98 Å². The zero-order valence-corrected chi connectivity index (χ0v) is 14.2. The van der Waals surface area contributed by atoms with E-state index in [-0.39, 0.29) is 18.1 Å². The molecule has 3 aromatic rings. The average molecular weight is 389 g/mol. The van der Waals surface area contributed by atoms with Gasteiger partial charge in [-0.05, 0) is 30.3 Å². The third-order valence-electron chi connectivity index (χ3n) is 3.37. The molecule has 0 aliphatic carbocycles. The number of rotatable bonds is 5. The molecule has 0 spiro atoms. The van der Waals surface area contributed by atoms with E-state index >= 15 is 0 Å². The van der Waals surface area contributed by atoms with Crippen LogP contribution in [0, 0.1) is 5.82 Å². The SMILES string of the molecule is O=C(CCc1ncc(-c2ccccc2F)o1)Nc1cccc(Br)c1. The molecule has 1 heterocycles. The van der Waals surface area contributed by atoms with Crippen LogP contribution in [0.1, 0.15) is 12.3 Å². The molecule has 122 valence electrons. The Morgan fingerprint density at radius 1 is 1.21 bits per heavy atom. The molecule has 6 heteroatoms.